The van der Waals surface area contributed by atoms with Gasteiger partial charge in [-0.25, -0.2) is 0 Å². The summed E-state index contributed by atoms with van der Waals surface area (Å²) in [5.74, 6) is -1.13. The van der Waals surface area contributed by atoms with Crippen LogP contribution >= 0.6 is 23.2 Å². The Balaban J connectivity index is 1.82. The van der Waals surface area contributed by atoms with Crippen LogP contribution in [0.25, 0.3) is 5.52 Å². The van der Waals surface area contributed by atoms with Gasteiger partial charge in [-0.15, -0.1) is 0 Å². The third-order valence-electron chi connectivity index (χ3n) is 4.76. The molecule has 2 aromatic heterocycles. The van der Waals surface area contributed by atoms with Gasteiger partial charge in [0.1, 0.15) is 5.69 Å². The van der Waals surface area contributed by atoms with Gasteiger partial charge in [0.2, 0.25) is 5.78 Å². The van der Waals surface area contributed by atoms with Crippen LogP contribution in [0.1, 0.15) is 26.4 Å². The van der Waals surface area contributed by atoms with Gasteiger partial charge in [0.15, 0.2) is 0 Å². The number of fused-ring (bicyclic) bond motifs is 1. The minimum absolute atomic E-state index is 0.0235. The third kappa shape index (κ3) is 3.89. The highest BCUT2D eigenvalue weighted by atomic mass is 35.5. The maximum Gasteiger partial charge on any atom is 0.270 e. The number of halogens is 2. The number of nitrogens with one attached hydrogen (secondary N) is 1. The molecule has 0 atom stereocenters. The van der Waals surface area contributed by atoms with Crippen LogP contribution in [0.15, 0.2) is 66.9 Å². The number of aromatic nitrogens is 1. The van der Waals surface area contributed by atoms with Crippen molar-refractivity contribution in [3.8, 4) is 0 Å². The molecule has 0 fully saturated rings. The summed E-state index contributed by atoms with van der Waals surface area (Å²) >= 11 is 12.0. The Labute approximate surface area is 191 Å². The van der Waals surface area contributed by atoms with Crippen molar-refractivity contribution in [2.24, 2.45) is 0 Å². The van der Waals surface area contributed by atoms with Gasteiger partial charge >= 0.3 is 0 Å². The van der Waals surface area contributed by atoms with Crippen molar-refractivity contribution >= 4 is 57.5 Å². The minimum Gasteiger partial charge on any atom is -0.396 e. The number of ketones is 1. The quantitative estimate of drug-likeness (QED) is 0.236. The van der Waals surface area contributed by atoms with Gasteiger partial charge in [0.05, 0.1) is 21.7 Å². The van der Waals surface area contributed by atoms with Gasteiger partial charge in [-0.2, -0.15) is 0 Å². The van der Waals surface area contributed by atoms with E-state index in [0.717, 1.165) is 6.07 Å². The first kappa shape index (κ1) is 21.4. The number of rotatable bonds is 5. The molecular weight excluding hydrogens is 455 g/mol. The number of pyridine rings is 1. The topological polar surface area (TPSA) is 120 Å². The monoisotopic (exact) mass is 468 g/mol. The number of nitro groups is 1. The van der Waals surface area contributed by atoms with Crippen LogP contribution in [0.3, 0.4) is 0 Å². The smallest absolute Gasteiger partial charge is 0.270 e. The maximum atomic E-state index is 13.2. The molecule has 10 heteroatoms. The molecule has 2 heterocycles. The Kier molecular flexibility index (Phi) is 5.56. The highest BCUT2D eigenvalue weighted by Crippen LogP contribution is 2.30. The molecule has 8 nitrogen and oxygen atoms in total. The summed E-state index contributed by atoms with van der Waals surface area (Å²) in [6, 6.07) is 14.9. The van der Waals surface area contributed by atoms with Crippen molar-refractivity contribution < 1.29 is 14.5 Å². The van der Waals surface area contributed by atoms with Crippen molar-refractivity contribution in [1.82, 2.24) is 4.40 Å². The van der Waals surface area contributed by atoms with Crippen LogP contribution in [0.2, 0.25) is 10.0 Å². The van der Waals surface area contributed by atoms with Crippen LogP contribution in [0.5, 0.6) is 0 Å². The molecule has 0 bridgehead atoms. The summed E-state index contributed by atoms with van der Waals surface area (Å²) in [4.78, 5) is 36.9. The summed E-state index contributed by atoms with van der Waals surface area (Å²) in [7, 11) is 0. The number of benzene rings is 2. The largest absolute Gasteiger partial charge is 0.396 e. The zero-order chi connectivity index (χ0) is 23.0. The van der Waals surface area contributed by atoms with E-state index in [2.05, 4.69) is 5.32 Å². The van der Waals surface area contributed by atoms with E-state index in [9.17, 15) is 19.7 Å². The van der Waals surface area contributed by atoms with E-state index in [4.69, 9.17) is 28.9 Å². The summed E-state index contributed by atoms with van der Waals surface area (Å²) < 4.78 is 1.48. The molecule has 4 aromatic rings. The van der Waals surface area contributed by atoms with Crippen molar-refractivity contribution in [1.29, 1.82) is 0 Å². The molecule has 4 rings (SSSR count). The Morgan fingerprint density at radius 2 is 1.72 bits per heavy atom. The number of anilines is 2. The minimum atomic E-state index is -0.592. The van der Waals surface area contributed by atoms with Crippen LogP contribution in [0.4, 0.5) is 17.1 Å². The lowest BCUT2D eigenvalue weighted by molar-refractivity contribution is -0.384. The lowest BCUT2D eigenvalue weighted by Gasteiger charge is -2.07. The number of nitro benzene ring substituents is 1. The van der Waals surface area contributed by atoms with E-state index < -0.39 is 16.6 Å². The summed E-state index contributed by atoms with van der Waals surface area (Å²) in [6.45, 7) is 0. The number of carbonyl (C=O) groups excluding carboxylic acids is 2. The summed E-state index contributed by atoms with van der Waals surface area (Å²) in [5, 5.41) is 14.5. The van der Waals surface area contributed by atoms with Crippen LogP contribution in [0, 0.1) is 10.1 Å². The first-order valence-corrected chi connectivity index (χ1v) is 9.97. The Morgan fingerprint density at radius 3 is 2.41 bits per heavy atom. The fraction of sp³-hybridized carbons (Fsp3) is 0. The molecule has 0 unspecified atom stereocenters. The molecule has 0 spiro atoms. The van der Waals surface area contributed by atoms with Crippen LogP contribution in [-0.4, -0.2) is 21.0 Å². The standard InChI is InChI=1S/C22H14Cl2N4O4/c23-13-9-14(24)11-15(10-13)26-22(30)18-17-6-1-2-7-27(17)20(19(18)25)21(29)12-4-3-5-16(8-12)28(31)32/h1-11H,25H2,(H,26,30). The first-order valence-electron chi connectivity index (χ1n) is 9.21. The Hall–Kier alpha value is -3.88. The second-order valence-electron chi connectivity index (χ2n) is 6.84. The molecular formula is C22H14Cl2N4O4. The molecule has 0 saturated carbocycles. The van der Waals surface area contributed by atoms with Crippen LogP contribution in [-0.2, 0) is 0 Å². The molecule has 0 aliphatic rings. The fourth-order valence-electron chi connectivity index (χ4n) is 3.42. The van der Waals surface area contributed by atoms with Gasteiger partial charge in [0.25, 0.3) is 11.6 Å². The van der Waals surface area contributed by atoms with E-state index in [1.165, 1.54) is 40.8 Å². The third-order valence-corrected chi connectivity index (χ3v) is 5.20. The zero-order valence-corrected chi connectivity index (χ0v) is 17.7. The Bertz CT molecular complexity index is 1390. The van der Waals surface area contributed by atoms with E-state index in [-0.39, 0.29) is 28.2 Å². The average molecular weight is 469 g/mol. The molecule has 0 saturated heterocycles. The predicted octanol–water partition coefficient (Wildman–Crippen LogP) is 5.22. The highest BCUT2D eigenvalue weighted by Gasteiger charge is 2.27. The van der Waals surface area contributed by atoms with Gasteiger partial charge in [0, 0.05) is 39.6 Å². The molecule has 1 amide bonds. The number of non-ortho nitro benzene ring substituents is 1. The van der Waals surface area contributed by atoms with Crippen molar-refractivity contribution in [2.75, 3.05) is 11.1 Å². The van der Waals surface area contributed by atoms with E-state index in [1.807, 2.05) is 0 Å². The lowest BCUT2D eigenvalue weighted by Crippen LogP contribution is -2.14. The van der Waals surface area contributed by atoms with Gasteiger partial charge in [-0.05, 0) is 30.3 Å². The number of nitrogens with two attached hydrogens (primary N) is 1. The van der Waals surface area contributed by atoms with Crippen molar-refractivity contribution in [3.63, 3.8) is 0 Å². The lowest BCUT2D eigenvalue weighted by atomic mass is 10.1. The summed E-state index contributed by atoms with van der Waals surface area (Å²) in [5.41, 5.74) is 6.91. The molecule has 32 heavy (non-hydrogen) atoms. The molecule has 160 valence electrons. The molecule has 0 aliphatic carbocycles. The van der Waals surface area contributed by atoms with Crippen molar-refractivity contribution in [3.05, 3.63) is 104 Å². The first-order chi connectivity index (χ1) is 15.3. The van der Waals surface area contributed by atoms with E-state index in [1.54, 1.807) is 24.4 Å². The average Bonchev–Trinajstić information content (AvgIpc) is 3.04. The SMILES string of the molecule is Nc1c(C(=O)Nc2cc(Cl)cc(Cl)c2)c2ccccn2c1C(=O)c1cccc([N+](=O)[O-])c1. The summed E-state index contributed by atoms with van der Waals surface area (Å²) in [6.07, 6.45) is 1.59. The second kappa shape index (κ2) is 8.33. The molecule has 2 aromatic carbocycles. The van der Waals surface area contributed by atoms with E-state index >= 15 is 0 Å². The molecule has 0 aliphatic heterocycles. The predicted molar refractivity (Wildman–Crippen MR) is 123 cm³/mol. The number of nitrogens with zero attached hydrogens (tertiary/aromatic N) is 2. The normalized spacial score (nSPS) is 10.8. The van der Waals surface area contributed by atoms with Crippen molar-refractivity contribution in [2.45, 2.75) is 0 Å². The molecule has 3 N–H and O–H groups in total. The maximum absolute atomic E-state index is 13.2. The van der Waals surface area contributed by atoms with Gasteiger partial charge < -0.3 is 15.5 Å². The zero-order valence-electron chi connectivity index (χ0n) is 16.2. The number of hydrogen-bond acceptors (Lipinski definition) is 5. The number of hydrogen-bond donors (Lipinski definition) is 2. The van der Waals surface area contributed by atoms with Gasteiger partial charge in [-0.3, -0.25) is 19.7 Å². The molecule has 0 radical (unpaired) electrons. The highest BCUT2D eigenvalue weighted by molar-refractivity contribution is 6.35. The Morgan fingerprint density at radius 1 is 1.00 bits per heavy atom. The fourth-order valence-corrected chi connectivity index (χ4v) is 3.94. The number of carbonyl (C=O) groups is 2. The second-order valence-corrected chi connectivity index (χ2v) is 7.71. The number of amides is 1. The van der Waals surface area contributed by atoms with Crippen LogP contribution < -0.4 is 11.1 Å². The number of nitrogen functional groups attached to an aromatic ring is 1. The van der Waals surface area contributed by atoms with Gasteiger partial charge in [-0.1, -0.05) is 41.4 Å². The van der Waals surface area contributed by atoms with E-state index in [0.29, 0.717) is 21.2 Å².